The van der Waals surface area contributed by atoms with Gasteiger partial charge in [0.15, 0.2) is 0 Å². The second kappa shape index (κ2) is 4.86. The van der Waals surface area contributed by atoms with Crippen LogP contribution in [0.3, 0.4) is 0 Å². The molecule has 1 aliphatic rings. The molecule has 2 atom stereocenters. The fourth-order valence-electron chi connectivity index (χ4n) is 3.05. The Hall–Kier alpha value is -1.05. The Bertz CT molecular complexity index is 340. The van der Waals surface area contributed by atoms with Crippen molar-refractivity contribution >= 4 is 5.82 Å². The molecule has 2 heteroatoms. The summed E-state index contributed by atoms with van der Waals surface area (Å²) in [5.74, 6) is 2.28. The first-order valence-electron chi connectivity index (χ1n) is 6.43. The van der Waals surface area contributed by atoms with Gasteiger partial charge >= 0.3 is 0 Å². The Kier molecular flexibility index (Phi) is 3.47. The SMILES string of the molecule is CCC1CCCC(c2c(C)ccnc2N)C1. The van der Waals surface area contributed by atoms with Gasteiger partial charge in [0.1, 0.15) is 5.82 Å². The van der Waals surface area contributed by atoms with Crippen molar-refractivity contribution in [1.29, 1.82) is 0 Å². The second-order valence-corrected chi connectivity index (χ2v) is 5.06. The molecule has 1 fully saturated rings. The Morgan fingerprint density at radius 3 is 2.94 bits per heavy atom. The highest BCUT2D eigenvalue weighted by Crippen LogP contribution is 2.40. The minimum atomic E-state index is 0.646. The minimum absolute atomic E-state index is 0.646. The number of hydrogen-bond acceptors (Lipinski definition) is 2. The lowest BCUT2D eigenvalue weighted by Crippen LogP contribution is -2.16. The fraction of sp³-hybridized carbons (Fsp3) is 0.643. The third-order valence-electron chi connectivity index (χ3n) is 4.01. The summed E-state index contributed by atoms with van der Waals surface area (Å²) in [6.45, 7) is 4.45. The first kappa shape index (κ1) is 11.4. The molecule has 0 amide bonds. The van der Waals surface area contributed by atoms with E-state index in [9.17, 15) is 0 Å². The van der Waals surface area contributed by atoms with Crippen LogP contribution < -0.4 is 5.73 Å². The number of nitrogen functional groups attached to an aromatic ring is 1. The summed E-state index contributed by atoms with van der Waals surface area (Å²) >= 11 is 0. The summed E-state index contributed by atoms with van der Waals surface area (Å²) in [6, 6.07) is 2.08. The fourth-order valence-corrected chi connectivity index (χ4v) is 3.05. The molecule has 0 saturated heterocycles. The number of anilines is 1. The molecule has 1 aliphatic carbocycles. The maximum absolute atomic E-state index is 6.03. The smallest absolute Gasteiger partial charge is 0.127 e. The average molecular weight is 218 g/mol. The van der Waals surface area contributed by atoms with Crippen molar-refractivity contribution in [3.05, 3.63) is 23.4 Å². The lowest BCUT2D eigenvalue weighted by Gasteiger charge is -2.30. The minimum Gasteiger partial charge on any atom is -0.383 e. The van der Waals surface area contributed by atoms with Crippen molar-refractivity contribution in [2.75, 3.05) is 5.73 Å². The quantitative estimate of drug-likeness (QED) is 0.822. The first-order chi connectivity index (χ1) is 7.72. The van der Waals surface area contributed by atoms with Gasteiger partial charge in [0.05, 0.1) is 0 Å². The molecule has 88 valence electrons. The van der Waals surface area contributed by atoms with Gasteiger partial charge in [-0.25, -0.2) is 4.98 Å². The molecule has 0 bridgehead atoms. The first-order valence-corrected chi connectivity index (χ1v) is 6.43. The second-order valence-electron chi connectivity index (χ2n) is 5.06. The molecule has 2 N–H and O–H groups in total. The van der Waals surface area contributed by atoms with Crippen LogP contribution in [0, 0.1) is 12.8 Å². The molecule has 2 rings (SSSR count). The predicted molar refractivity (Wildman–Crippen MR) is 68.4 cm³/mol. The van der Waals surface area contributed by atoms with E-state index in [0.717, 1.165) is 11.7 Å². The van der Waals surface area contributed by atoms with E-state index in [1.807, 2.05) is 6.20 Å². The van der Waals surface area contributed by atoms with Crippen LogP contribution in [0.5, 0.6) is 0 Å². The van der Waals surface area contributed by atoms with Crippen LogP contribution in [-0.2, 0) is 0 Å². The molecular formula is C14H22N2. The van der Waals surface area contributed by atoms with E-state index in [1.54, 1.807) is 0 Å². The standard InChI is InChI=1S/C14H22N2/c1-3-11-5-4-6-12(9-11)13-10(2)7-8-16-14(13)15/h7-8,11-12H,3-6,9H2,1-2H3,(H2,15,16). The van der Waals surface area contributed by atoms with E-state index in [-0.39, 0.29) is 0 Å². The highest BCUT2D eigenvalue weighted by atomic mass is 14.8. The molecule has 1 heterocycles. The van der Waals surface area contributed by atoms with Crippen molar-refractivity contribution in [2.24, 2.45) is 5.92 Å². The lowest BCUT2D eigenvalue weighted by molar-refractivity contribution is 0.314. The van der Waals surface area contributed by atoms with Crippen LogP contribution in [0.4, 0.5) is 5.82 Å². The molecule has 2 nitrogen and oxygen atoms in total. The van der Waals surface area contributed by atoms with E-state index >= 15 is 0 Å². The Balaban J connectivity index is 2.23. The van der Waals surface area contributed by atoms with E-state index in [2.05, 4.69) is 24.9 Å². The Morgan fingerprint density at radius 2 is 2.25 bits per heavy atom. The van der Waals surface area contributed by atoms with E-state index in [4.69, 9.17) is 5.73 Å². The number of hydrogen-bond donors (Lipinski definition) is 1. The van der Waals surface area contributed by atoms with E-state index < -0.39 is 0 Å². The van der Waals surface area contributed by atoms with E-state index in [0.29, 0.717) is 5.92 Å². The highest BCUT2D eigenvalue weighted by molar-refractivity contribution is 5.46. The largest absolute Gasteiger partial charge is 0.383 e. The summed E-state index contributed by atoms with van der Waals surface area (Å²) in [5.41, 5.74) is 8.66. The Morgan fingerprint density at radius 1 is 1.44 bits per heavy atom. The number of nitrogens with zero attached hydrogens (tertiary/aromatic N) is 1. The van der Waals surface area contributed by atoms with Crippen LogP contribution in [0.2, 0.25) is 0 Å². The molecule has 0 aromatic carbocycles. The summed E-state index contributed by atoms with van der Waals surface area (Å²) < 4.78 is 0. The van der Waals surface area contributed by atoms with Gasteiger partial charge in [-0.05, 0) is 43.2 Å². The molecule has 0 spiro atoms. The van der Waals surface area contributed by atoms with Gasteiger partial charge in [-0.3, -0.25) is 0 Å². The van der Waals surface area contributed by atoms with Crippen LogP contribution >= 0.6 is 0 Å². The predicted octanol–water partition coefficient (Wildman–Crippen LogP) is 3.66. The molecule has 0 aliphatic heterocycles. The van der Waals surface area contributed by atoms with Gasteiger partial charge in [-0.1, -0.05) is 26.2 Å². The average Bonchev–Trinajstić information content (AvgIpc) is 2.29. The van der Waals surface area contributed by atoms with Crippen LogP contribution in [0.15, 0.2) is 12.3 Å². The zero-order chi connectivity index (χ0) is 11.5. The molecule has 0 radical (unpaired) electrons. The van der Waals surface area contributed by atoms with Crippen LogP contribution in [0.1, 0.15) is 56.1 Å². The van der Waals surface area contributed by atoms with Gasteiger partial charge < -0.3 is 5.73 Å². The van der Waals surface area contributed by atoms with Gasteiger partial charge in [-0.15, -0.1) is 0 Å². The van der Waals surface area contributed by atoms with Crippen molar-refractivity contribution in [3.63, 3.8) is 0 Å². The van der Waals surface area contributed by atoms with Crippen molar-refractivity contribution in [3.8, 4) is 0 Å². The molecule has 1 aromatic rings. The molecule has 2 unspecified atom stereocenters. The summed E-state index contributed by atoms with van der Waals surface area (Å²) in [4.78, 5) is 4.24. The van der Waals surface area contributed by atoms with Crippen LogP contribution in [0.25, 0.3) is 0 Å². The highest BCUT2D eigenvalue weighted by Gasteiger charge is 2.24. The number of nitrogens with two attached hydrogens (primary N) is 1. The van der Waals surface area contributed by atoms with Crippen LogP contribution in [-0.4, -0.2) is 4.98 Å². The molecule has 1 aromatic heterocycles. The number of pyridine rings is 1. The van der Waals surface area contributed by atoms with E-state index in [1.165, 1.54) is 43.2 Å². The van der Waals surface area contributed by atoms with Gasteiger partial charge in [0.25, 0.3) is 0 Å². The molecule has 16 heavy (non-hydrogen) atoms. The number of aromatic nitrogens is 1. The summed E-state index contributed by atoms with van der Waals surface area (Å²) in [6.07, 6.45) is 8.44. The monoisotopic (exact) mass is 218 g/mol. The molecular weight excluding hydrogens is 196 g/mol. The maximum Gasteiger partial charge on any atom is 0.127 e. The number of rotatable bonds is 2. The number of aryl methyl sites for hydroxylation is 1. The third-order valence-corrected chi connectivity index (χ3v) is 4.01. The topological polar surface area (TPSA) is 38.9 Å². The summed E-state index contributed by atoms with van der Waals surface area (Å²) in [7, 11) is 0. The third kappa shape index (κ3) is 2.21. The zero-order valence-electron chi connectivity index (χ0n) is 10.4. The van der Waals surface area contributed by atoms with Gasteiger partial charge in [-0.2, -0.15) is 0 Å². The van der Waals surface area contributed by atoms with Gasteiger partial charge in [0.2, 0.25) is 0 Å². The normalized spacial score (nSPS) is 25.6. The maximum atomic E-state index is 6.03. The molecule has 1 saturated carbocycles. The van der Waals surface area contributed by atoms with Crippen molar-refractivity contribution < 1.29 is 0 Å². The summed E-state index contributed by atoms with van der Waals surface area (Å²) in [5, 5.41) is 0. The lowest BCUT2D eigenvalue weighted by atomic mass is 9.76. The zero-order valence-corrected chi connectivity index (χ0v) is 10.4. The van der Waals surface area contributed by atoms with Gasteiger partial charge in [0, 0.05) is 11.8 Å². The van der Waals surface area contributed by atoms with Crippen molar-refractivity contribution in [1.82, 2.24) is 4.98 Å². The van der Waals surface area contributed by atoms with Crippen molar-refractivity contribution in [2.45, 2.75) is 51.9 Å². The Labute approximate surface area is 98.3 Å².